The number of nitrogens with zero attached hydrogens (tertiary/aromatic N) is 2. The van der Waals surface area contributed by atoms with E-state index >= 15 is 0 Å². The summed E-state index contributed by atoms with van der Waals surface area (Å²) in [5.41, 5.74) is 2.25. The van der Waals surface area contributed by atoms with E-state index < -0.39 is 10.0 Å². The van der Waals surface area contributed by atoms with E-state index in [9.17, 15) is 13.2 Å². The van der Waals surface area contributed by atoms with Crippen LogP contribution in [0.1, 0.15) is 12.5 Å². The average molecular weight is 373 g/mol. The standard InChI is InChI=1S/C19H23N3O3S/c1-16(23)21-10-12-22(13-11-21)19-9-5-8-18(14-19)20-26(24,25)15-17-6-3-2-4-7-17/h2-9,14,20H,10-13,15H2,1H3. The topological polar surface area (TPSA) is 69.7 Å². The minimum atomic E-state index is -3.48. The first-order valence-corrected chi connectivity index (χ1v) is 10.2. The van der Waals surface area contributed by atoms with Gasteiger partial charge in [0.2, 0.25) is 15.9 Å². The molecule has 0 bridgehead atoms. The van der Waals surface area contributed by atoms with Gasteiger partial charge in [-0.1, -0.05) is 36.4 Å². The van der Waals surface area contributed by atoms with Gasteiger partial charge in [0, 0.05) is 38.8 Å². The lowest BCUT2D eigenvalue weighted by atomic mass is 10.2. The Morgan fingerprint density at radius 1 is 1.00 bits per heavy atom. The minimum Gasteiger partial charge on any atom is -0.368 e. The van der Waals surface area contributed by atoms with Gasteiger partial charge >= 0.3 is 0 Å². The summed E-state index contributed by atoms with van der Waals surface area (Å²) in [5, 5.41) is 0. The lowest BCUT2D eigenvalue weighted by Gasteiger charge is -2.35. The average Bonchev–Trinajstić information content (AvgIpc) is 2.62. The zero-order chi connectivity index (χ0) is 18.6. The summed E-state index contributed by atoms with van der Waals surface area (Å²) < 4.78 is 27.5. The Labute approximate surface area is 154 Å². The number of piperazine rings is 1. The van der Waals surface area contributed by atoms with E-state index in [1.54, 1.807) is 25.1 Å². The molecule has 1 aliphatic heterocycles. The molecule has 1 amide bonds. The van der Waals surface area contributed by atoms with Crippen molar-refractivity contribution < 1.29 is 13.2 Å². The number of carbonyl (C=O) groups excluding carboxylic acids is 1. The molecule has 0 aromatic heterocycles. The summed E-state index contributed by atoms with van der Waals surface area (Å²) in [7, 11) is -3.48. The van der Waals surface area contributed by atoms with Crippen molar-refractivity contribution in [2.45, 2.75) is 12.7 Å². The molecule has 7 heteroatoms. The molecule has 0 spiro atoms. The van der Waals surface area contributed by atoms with Crippen LogP contribution in [0.25, 0.3) is 0 Å². The van der Waals surface area contributed by atoms with E-state index in [1.807, 2.05) is 41.3 Å². The zero-order valence-corrected chi connectivity index (χ0v) is 15.6. The first-order valence-electron chi connectivity index (χ1n) is 8.58. The fourth-order valence-corrected chi connectivity index (χ4v) is 4.24. The second-order valence-electron chi connectivity index (χ2n) is 6.39. The van der Waals surface area contributed by atoms with Gasteiger partial charge in [0.15, 0.2) is 0 Å². The van der Waals surface area contributed by atoms with Gasteiger partial charge in [-0.15, -0.1) is 0 Å². The monoisotopic (exact) mass is 373 g/mol. The summed E-state index contributed by atoms with van der Waals surface area (Å²) in [4.78, 5) is 15.4. The van der Waals surface area contributed by atoms with Crippen LogP contribution in [-0.4, -0.2) is 45.4 Å². The predicted octanol–water partition coefficient (Wildman–Crippen LogP) is 2.30. The number of amides is 1. The molecular formula is C19H23N3O3S. The maximum absolute atomic E-state index is 12.4. The number of hydrogen-bond acceptors (Lipinski definition) is 4. The number of carbonyl (C=O) groups is 1. The van der Waals surface area contributed by atoms with E-state index in [2.05, 4.69) is 9.62 Å². The summed E-state index contributed by atoms with van der Waals surface area (Å²) in [5.74, 6) is 0.0297. The molecule has 1 aliphatic rings. The summed E-state index contributed by atoms with van der Waals surface area (Å²) >= 11 is 0. The van der Waals surface area contributed by atoms with E-state index in [0.717, 1.165) is 24.3 Å². The largest absolute Gasteiger partial charge is 0.368 e. The Bertz CT molecular complexity index is 861. The molecule has 0 aliphatic carbocycles. The van der Waals surface area contributed by atoms with Crippen molar-refractivity contribution in [2.24, 2.45) is 0 Å². The highest BCUT2D eigenvalue weighted by Gasteiger charge is 2.19. The number of anilines is 2. The molecule has 0 saturated carbocycles. The quantitative estimate of drug-likeness (QED) is 0.873. The van der Waals surface area contributed by atoms with Crippen LogP contribution in [0.5, 0.6) is 0 Å². The highest BCUT2D eigenvalue weighted by molar-refractivity contribution is 7.91. The van der Waals surface area contributed by atoms with Gasteiger partial charge in [0.05, 0.1) is 11.4 Å². The van der Waals surface area contributed by atoms with Crippen LogP contribution in [0.4, 0.5) is 11.4 Å². The van der Waals surface area contributed by atoms with Crippen LogP contribution in [0, 0.1) is 0 Å². The summed E-state index contributed by atoms with van der Waals surface area (Å²) in [6.45, 7) is 4.41. The third-order valence-electron chi connectivity index (χ3n) is 4.41. The summed E-state index contributed by atoms with van der Waals surface area (Å²) in [6, 6.07) is 16.5. The molecule has 1 N–H and O–H groups in total. The maximum Gasteiger partial charge on any atom is 0.236 e. The van der Waals surface area contributed by atoms with Gasteiger partial charge in [-0.3, -0.25) is 9.52 Å². The van der Waals surface area contributed by atoms with E-state index in [4.69, 9.17) is 0 Å². The third kappa shape index (κ3) is 4.76. The Morgan fingerprint density at radius 3 is 2.35 bits per heavy atom. The van der Waals surface area contributed by atoms with Gasteiger partial charge in [0.25, 0.3) is 0 Å². The number of hydrogen-bond donors (Lipinski definition) is 1. The van der Waals surface area contributed by atoms with Gasteiger partial charge in [-0.2, -0.15) is 0 Å². The van der Waals surface area contributed by atoms with Crippen molar-refractivity contribution in [3.8, 4) is 0 Å². The molecule has 0 unspecified atom stereocenters. The third-order valence-corrected chi connectivity index (χ3v) is 5.67. The molecule has 6 nitrogen and oxygen atoms in total. The number of rotatable bonds is 5. The molecule has 2 aromatic rings. The van der Waals surface area contributed by atoms with Crippen molar-refractivity contribution >= 4 is 27.3 Å². The molecule has 0 atom stereocenters. The van der Waals surface area contributed by atoms with Gasteiger partial charge in [-0.05, 0) is 23.8 Å². The van der Waals surface area contributed by atoms with Crippen molar-refractivity contribution in [1.82, 2.24) is 4.90 Å². The van der Waals surface area contributed by atoms with E-state index in [-0.39, 0.29) is 11.7 Å². The first-order chi connectivity index (χ1) is 12.4. The Kier molecular flexibility index (Phi) is 5.46. The normalized spacial score (nSPS) is 15.0. The molecule has 1 saturated heterocycles. The highest BCUT2D eigenvalue weighted by Crippen LogP contribution is 2.22. The van der Waals surface area contributed by atoms with Crippen molar-refractivity contribution in [3.63, 3.8) is 0 Å². The van der Waals surface area contributed by atoms with E-state index in [0.29, 0.717) is 18.8 Å². The fraction of sp³-hybridized carbons (Fsp3) is 0.316. The van der Waals surface area contributed by atoms with Crippen LogP contribution in [-0.2, 0) is 20.6 Å². The van der Waals surface area contributed by atoms with Gasteiger partial charge in [0.1, 0.15) is 0 Å². The molecule has 1 fully saturated rings. The van der Waals surface area contributed by atoms with E-state index in [1.165, 1.54) is 0 Å². The second-order valence-corrected chi connectivity index (χ2v) is 8.11. The van der Waals surface area contributed by atoms with Crippen LogP contribution in [0.15, 0.2) is 54.6 Å². The molecule has 138 valence electrons. The van der Waals surface area contributed by atoms with Gasteiger partial charge < -0.3 is 9.80 Å². The predicted molar refractivity (Wildman–Crippen MR) is 104 cm³/mol. The van der Waals surface area contributed by atoms with Crippen LogP contribution < -0.4 is 9.62 Å². The summed E-state index contributed by atoms with van der Waals surface area (Å²) in [6.07, 6.45) is 0. The Hall–Kier alpha value is -2.54. The molecule has 2 aromatic carbocycles. The second kappa shape index (κ2) is 7.78. The van der Waals surface area contributed by atoms with Crippen LogP contribution in [0.3, 0.4) is 0 Å². The number of sulfonamides is 1. The van der Waals surface area contributed by atoms with Crippen LogP contribution >= 0.6 is 0 Å². The number of benzene rings is 2. The van der Waals surface area contributed by atoms with Gasteiger partial charge in [-0.25, -0.2) is 8.42 Å². The van der Waals surface area contributed by atoms with Crippen LogP contribution in [0.2, 0.25) is 0 Å². The van der Waals surface area contributed by atoms with Crippen molar-refractivity contribution in [3.05, 3.63) is 60.2 Å². The molecule has 1 heterocycles. The molecular weight excluding hydrogens is 350 g/mol. The molecule has 26 heavy (non-hydrogen) atoms. The van der Waals surface area contributed by atoms with Crippen molar-refractivity contribution in [1.29, 1.82) is 0 Å². The van der Waals surface area contributed by atoms with Crippen molar-refractivity contribution in [2.75, 3.05) is 35.8 Å². The first kappa shape index (κ1) is 18.3. The number of nitrogens with one attached hydrogen (secondary N) is 1. The molecule has 0 radical (unpaired) electrons. The lowest BCUT2D eigenvalue weighted by molar-refractivity contribution is -0.129. The smallest absolute Gasteiger partial charge is 0.236 e. The Morgan fingerprint density at radius 2 is 1.69 bits per heavy atom. The molecule has 3 rings (SSSR count). The highest BCUT2D eigenvalue weighted by atomic mass is 32.2. The minimum absolute atomic E-state index is 0.0602. The SMILES string of the molecule is CC(=O)N1CCN(c2cccc(NS(=O)(=O)Cc3ccccc3)c2)CC1. The fourth-order valence-electron chi connectivity index (χ4n) is 3.05. The Balaban J connectivity index is 1.67. The maximum atomic E-state index is 12.4. The lowest BCUT2D eigenvalue weighted by Crippen LogP contribution is -2.48. The zero-order valence-electron chi connectivity index (χ0n) is 14.8.